The molecule has 0 atom stereocenters. The van der Waals surface area contributed by atoms with Gasteiger partial charge in [-0.3, -0.25) is 0 Å². The van der Waals surface area contributed by atoms with Gasteiger partial charge in [0, 0.05) is 29.4 Å². The minimum Gasteiger partial charge on any atom is -0.396 e. The Kier molecular flexibility index (Phi) is 5.04. The Balaban J connectivity index is 1.85. The van der Waals surface area contributed by atoms with Gasteiger partial charge < -0.3 is 15.4 Å². The van der Waals surface area contributed by atoms with Crippen LogP contribution in [0.1, 0.15) is 5.56 Å². The van der Waals surface area contributed by atoms with Crippen LogP contribution in [0.2, 0.25) is 0 Å². The molecule has 1 heterocycles. The number of aromatic nitrogens is 1. The molecule has 0 spiro atoms. The summed E-state index contributed by atoms with van der Waals surface area (Å²) >= 11 is 6.62. The third kappa shape index (κ3) is 3.48. The van der Waals surface area contributed by atoms with E-state index in [0.29, 0.717) is 5.75 Å². The molecule has 5 heteroatoms. The van der Waals surface area contributed by atoms with Crippen LogP contribution >= 0.6 is 24.0 Å². The molecule has 0 amide bonds. The van der Waals surface area contributed by atoms with E-state index >= 15 is 0 Å². The average molecular weight is 280 g/mol. The zero-order valence-electron chi connectivity index (χ0n) is 9.98. The van der Waals surface area contributed by atoms with Crippen LogP contribution in [-0.2, 0) is 6.42 Å². The van der Waals surface area contributed by atoms with Gasteiger partial charge in [0.25, 0.3) is 0 Å². The van der Waals surface area contributed by atoms with Crippen molar-refractivity contribution >= 4 is 39.2 Å². The second kappa shape index (κ2) is 6.78. The molecule has 0 aliphatic carbocycles. The fraction of sp³-hybridized carbons (Fsp3) is 0.308. The number of hydrogen-bond donors (Lipinski definition) is 3. The first-order chi connectivity index (χ1) is 8.81. The summed E-state index contributed by atoms with van der Waals surface area (Å²) < 4.78 is 0.754. The predicted molar refractivity (Wildman–Crippen MR) is 82.1 cm³/mol. The maximum absolute atomic E-state index is 8.70. The van der Waals surface area contributed by atoms with Gasteiger partial charge in [0.1, 0.15) is 4.32 Å². The van der Waals surface area contributed by atoms with Crippen molar-refractivity contribution < 1.29 is 5.11 Å². The van der Waals surface area contributed by atoms with Crippen LogP contribution < -0.4 is 5.32 Å². The van der Waals surface area contributed by atoms with E-state index in [1.54, 1.807) is 0 Å². The quantitative estimate of drug-likeness (QED) is 0.736. The van der Waals surface area contributed by atoms with Gasteiger partial charge in [-0.25, -0.2) is 0 Å². The van der Waals surface area contributed by atoms with Crippen molar-refractivity contribution in [3.05, 3.63) is 36.0 Å². The van der Waals surface area contributed by atoms with Crippen LogP contribution in [0.15, 0.2) is 30.5 Å². The van der Waals surface area contributed by atoms with Gasteiger partial charge in [-0.15, -0.1) is 0 Å². The highest BCUT2D eigenvalue weighted by molar-refractivity contribution is 8.22. The number of fused-ring (bicyclic) bond motifs is 1. The average Bonchev–Trinajstić information content (AvgIpc) is 2.80. The Hall–Kier alpha value is -1.04. The number of para-hydroxylation sites is 1. The first-order valence-electron chi connectivity index (χ1n) is 5.87. The van der Waals surface area contributed by atoms with E-state index < -0.39 is 0 Å². The van der Waals surface area contributed by atoms with Gasteiger partial charge in [0.05, 0.1) is 6.61 Å². The van der Waals surface area contributed by atoms with Crippen molar-refractivity contribution in [3.63, 3.8) is 0 Å². The molecule has 0 aliphatic rings. The SMILES string of the molecule is OCCSC(=S)NCCc1c[nH]c2ccccc12. The Morgan fingerprint density at radius 1 is 1.39 bits per heavy atom. The number of thiocarbonyl (C=S) groups is 1. The molecular formula is C13H16N2OS2. The molecular weight excluding hydrogens is 264 g/mol. The normalized spacial score (nSPS) is 10.7. The molecule has 0 saturated carbocycles. The van der Waals surface area contributed by atoms with Crippen LogP contribution in [0.25, 0.3) is 10.9 Å². The summed E-state index contributed by atoms with van der Waals surface area (Å²) in [6.45, 7) is 0.980. The number of benzene rings is 1. The number of nitrogens with one attached hydrogen (secondary N) is 2. The number of aliphatic hydroxyl groups excluding tert-OH is 1. The second-order valence-corrected chi connectivity index (χ2v) is 5.67. The van der Waals surface area contributed by atoms with Gasteiger partial charge in [-0.1, -0.05) is 42.2 Å². The highest BCUT2D eigenvalue weighted by atomic mass is 32.2. The van der Waals surface area contributed by atoms with Gasteiger partial charge in [0.15, 0.2) is 0 Å². The van der Waals surface area contributed by atoms with Crippen molar-refractivity contribution in [2.75, 3.05) is 18.9 Å². The fourth-order valence-electron chi connectivity index (χ4n) is 1.83. The second-order valence-electron chi connectivity index (χ2n) is 3.90. The molecule has 0 bridgehead atoms. The molecule has 0 unspecified atom stereocenters. The Morgan fingerprint density at radius 2 is 2.22 bits per heavy atom. The molecule has 3 N–H and O–H groups in total. The molecule has 3 nitrogen and oxygen atoms in total. The summed E-state index contributed by atoms with van der Waals surface area (Å²) in [6.07, 6.45) is 2.99. The van der Waals surface area contributed by atoms with Gasteiger partial charge >= 0.3 is 0 Å². The molecule has 0 aliphatic heterocycles. The van der Waals surface area contributed by atoms with Crippen molar-refractivity contribution in [1.82, 2.24) is 10.3 Å². The minimum atomic E-state index is 0.162. The van der Waals surface area contributed by atoms with E-state index in [-0.39, 0.29) is 6.61 Å². The third-order valence-electron chi connectivity index (χ3n) is 2.66. The summed E-state index contributed by atoms with van der Waals surface area (Å²) in [5.74, 6) is 0.652. The lowest BCUT2D eigenvalue weighted by molar-refractivity contribution is 0.323. The maximum Gasteiger partial charge on any atom is 0.133 e. The molecule has 1 aromatic heterocycles. The van der Waals surface area contributed by atoms with E-state index in [1.807, 2.05) is 6.07 Å². The smallest absolute Gasteiger partial charge is 0.133 e. The fourth-order valence-corrected chi connectivity index (χ4v) is 2.66. The molecule has 96 valence electrons. The topological polar surface area (TPSA) is 48.0 Å². The summed E-state index contributed by atoms with van der Waals surface area (Å²) in [5, 5.41) is 13.2. The lowest BCUT2D eigenvalue weighted by Crippen LogP contribution is -2.21. The number of thioether (sulfide) groups is 1. The largest absolute Gasteiger partial charge is 0.396 e. The highest BCUT2D eigenvalue weighted by Crippen LogP contribution is 2.17. The van der Waals surface area contributed by atoms with Crippen LogP contribution in [0, 0.1) is 0 Å². The molecule has 2 rings (SSSR count). The molecule has 0 fully saturated rings. The standard InChI is InChI=1S/C13H16N2OS2/c16-7-8-18-13(17)14-6-5-10-9-15-12-4-2-1-3-11(10)12/h1-4,9,15-16H,5-8H2,(H,14,17). The number of hydrogen-bond acceptors (Lipinski definition) is 3. The van der Waals surface area contributed by atoms with Crippen LogP contribution in [-0.4, -0.2) is 33.3 Å². The van der Waals surface area contributed by atoms with Crippen molar-refractivity contribution in [1.29, 1.82) is 0 Å². The lowest BCUT2D eigenvalue weighted by atomic mass is 10.1. The Labute approximate surface area is 116 Å². The number of aromatic amines is 1. The third-order valence-corrected chi connectivity index (χ3v) is 3.95. The van der Waals surface area contributed by atoms with Gasteiger partial charge in [-0.05, 0) is 18.1 Å². The summed E-state index contributed by atoms with van der Waals surface area (Å²) in [7, 11) is 0. The van der Waals surface area contributed by atoms with Gasteiger partial charge in [-0.2, -0.15) is 0 Å². The van der Waals surface area contributed by atoms with E-state index in [9.17, 15) is 0 Å². The maximum atomic E-state index is 8.70. The zero-order valence-corrected chi connectivity index (χ0v) is 11.6. The molecule has 1 aromatic carbocycles. The van der Waals surface area contributed by atoms with Crippen LogP contribution in [0.4, 0.5) is 0 Å². The first kappa shape index (κ1) is 13.4. The van der Waals surface area contributed by atoms with Crippen molar-refractivity contribution in [2.45, 2.75) is 6.42 Å². The number of aliphatic hydroxyl groups is 1. The van der Waals surface area contributed by atoms with Crippen LogP contribution in [0.3, 0.4) is 0 Å². The zero-order chi connectivity index (χ0) is 12.8. The first-order valence-corrected chi connectivity index (χ1v) is 7.27. The molecule has 0 radical (unpaired) electrons. The van der Waals surface area contributed by atoms with Crippen molar-refractivity contribution in [3.8, 4) is 0 Å². The van der Waals surface area contributed by atoms with Gasteiger partial charge in [0.2, 0.25) is 0 Å². The molecule has 0 saturated heterocycles. The summed E-state index contributed by atoms with van der Waals surface area (Å²) in [6, 6.07) is 8.28. The molecule has 2 aromatic rings. The number of H-pyrrole nitrogens is 1. The van der Waals surface area contributed by atoms with E-state index in [0.717, 1.165) is 17.3 Å². The van der Waals surface area contributed by atoms with Crippen LogP contribution in [0.5, 0.6) is 0 Å². The predicted octanol–water partition coefficient (Wildman–Crippen LogP) is 2.31. The lowest BCUT2D eigenvalue weighted by Gasteiger charge is -2.06. The number of rotatable bonds is 5. The molecule has 18 heavy (non-hydrogen) atoms. The minimum absolute atomic E-state index is 0.162. The van der Waals surface area contributed by atoms with E-state index in [1.165, 1.54) is 28.2 Å². The Morgan fingerprint density at radius 3 is 3.06 bits per heavy atom. The van der Waals surface area contributed by atoms with E-state index in [4.69, 9.17) is 17.3 Å². The summed E-state index contributed by atoms with van der Waals surface area (Å²) in [4.78, 5) is 3.26. The van der Waals surface area contributed by atoms with E-state index in [2.05, 4.69) is 34.7 Å². The van der Waals surface area contributed by atoms with Crippen molar-refractivity contribution in [2.24, 2.45) is 0 Å². The summed E-state index contributed by atoms with van der Waals surface area (Å²) in [5.41, 5.74) is 2.47. The monoisotopic (exact) mass is 280 g/mol. The highest BCUT2D eigenvalue weighted by Gasteiger charge is 2.03. The Bertz CT molecular complexity index is 524.